The molecule has 7 nitrogen and oxygen atoms in total. The van der Waals surface area contributed by atoms with Crippen LogP contribution in [0.2, 0.25) is 0 Å². The van der Waals surface area contributed by atoms with Gasteiger partial charge in [-0.25, -0.2) is 9.97 Å². The minimum absolute atomic E-state index is 0.214. The van der Waals surface area contributed by atoms with Gasteiger partial charge in [0.2, 0.25) is 0 Å². The molecule has 3 aromatic rings. The molecule has 27 heavy (non-hydrogen) atoms. The molecule has 0 aliphatic heterocycles. The molecule has 1 aromatic carbocycles. The summed E-state index contributed by atoms with van der Waals surface area (Å²) in [5.41, 5.74) is 1.19. The van der Waals surface area contributed by atoms with Crippen molar-refractivity contribution in [1.82, 2.24) is 9.97 Å². The second-order valence-electron chi connectivity index (χ2n) is 5.65. The van der Waals surface area contributed by atoms with Crippen molar-refractivity contribution in [1.29, 1.82) is 0 Å². The molecular formula is C20H17N3O4. The number of carbonyl (C=O) groups excluding carboxylic acids is 1. The van der Waals surface area contributed by atoms with Gasteiger partial charge in [0.1, 0.15) is 23.9 Å². The Balaban J connectivity index is 1.65. The first-order valence-corrected chi connectivity index (χ1v) is 8.23. The summed E-state index contributed by atoms with van der Waals surface area (Å²) in [6.45, 7) is 0.234. The van der Waals surface area contributed by atoms with Gasteiger partial charge in [0.25, 0.3) is 5.91 Å². The monoisotopic (exact) mass is 363 g/mol. The van der Waals surface area contributed by atoms with Gasteiger partial charge in [0.15, 0.2) is 0 Å². The molecule has 0 spiro atoms. The van der Waals surface area contributed by atoms with Gasteiger partial charge in [-0.05, 0) is 36.4 Å². The maximum atomic E-state index is 12.4. The average Bonchev–Trinajstić information content (AvgIpc) is 2.67. The van der Waals surface area contributed by atoms with Crippen LogP contribution in [0, 0.1) is 0 Å². The lowest BCUT2D eigenvalue weighted by Gasteiger charge is -2.08. The van der Waals surface area contributed by atoms with E-state index in [-0.39, 0.29) is 24.5 Å². The predicted octanol–water partition coefficient (Wildman–Crippen LogP) is 2.94. The molecule has 0 atom stereocenters. The number of para-hydroxylation sites is 1. The van der Waals surface area contributed by atoms with E-state index in [0.29, 0.717) is 17.1 Å². The molecule has 0 bridgehead atoms. The van der Waals surface area contributed by atoms with Gasteiger partial charge in [0.05, 0.1) is 17.8 Å². The van der Waals surface area contributed by atoms with E-state index in [1.807, 2.05) is 30.3 Å². The van der Waals surface area contributed by atoms with Crippen molar-refractivity contribution in [3.05, 3.63) is 83.8 Å². The lowest BCUT2D eigenvalue weighted by molar-refractivity contribution is -0.136. The van der Waals surface area contributed by atoms with Crippen LogP contribution in [0.3, 0.4) is 0 Å². The van der Waals surface area contributed by atoms with Crippen LogP contribution in [0.1, 0.15) is 21.9 Å². The number of anilines is 1. The molecule has 0 fully saturated rings. The van der Waals surface area contributed by atoms with Crippen molar-refractivity contribution in [2.45, 2.75) is 13.0 Å². The summed E-state index contributed by atoms with van der Waals surface area (Å²) in [7, 11) is 0. The second-order valence-corrected chi connectivity index (χ2v) is 5.65. The number of benzene rings is 1. The summed E-state index contributed by atoms with van der Waals surface area (Å²) in [5.74, 6) is -0.435. The normalized spacial score (nSPS) is 10.2. The van der Waals surface area contributed by atoms with Crippen LogP contribution in [-0.2, 0) is 17.8 Å². The van der Waals surface area contributed by atoms with Crippen molar-refractivity contribution in [3.63, 3.8) is 0 Å². The highest BCUT2D eigenvalue weighted by Gasteiger charge is 2.11. The minimum atomic E-state index is -0.987. The van der Waals surface area contributed by atoms with E-state index < -0.39 is 11.9 Å². The fourth-order valence-corrected chi connectivity index (χ4v) is 2.34. The third-order valence-corrected chi connectivity index (χ3v) is 3.55. The Kier molecular flexibility index (Phi) is 5.73. The Morgan fingerprint density at radius 1 is 0.889 bits per heavy atom. The van der Waals surface area contributed by atoms with Gasteiger partial charge in [-0.1, -0.05) is 30.3 Å². The number of nitrogens with zero attached hydrogens (tertiary/aromatic N) is 2. The number of hydrogen-bond donors (Lipinski definition) is 2. The van der Waals surface area contributed by atoms with Crippen LogP contribution < -0.4 is 10.1 Å². The summed E-state index contributed by atoms with van der Waals surface area (Å²) in [6, 6.07) is 19.2. The van der Waals surface area contributed by atoms with Crippen molar-refractivity contribution in [2.75, 3.05) is 5.32 Å². The first-order chi connectivity index (χ1) is 13.1. The summed E-state index contributed by atoms with van der Waals surface area (Å²) < 4.78 is 5.64. The van der Waals surface area contributed by atoms with Crippen LogP contribution in [0.15, 0.2) is 66.7 Å². The number of ether oxygens (including phenoxy) is 1. The van der Waals surface area contributed by atoms with Gasteiger partial charge >= 0.3 is 5.97 Å². The molecule has 1 amide bonds. The summed E-state index contributed by atoms with van der Waals surface area (Å²) >= 11 is 0. The molecule has 2 heterocycles. The highest BCUT2D eigenvalue weighted by Crippen LogP contribution is 2.12. The third-order valence-electron chi connectivity index (χ3n) is 3.55. The van der Waals surface area contributed by atoms with Crippen molar-refractivity contribution in [3.8, 4) is 5.75 Å². The van der Waals surface area contributed by atoms with E-state index in [9.17, 15) is 9.59 Å². The zero-order valence-corrected chi connectivity index (χ0v) is 14.3. The Labute approximate surface area is 155 Å². The molecule has 0 radical (unpaired) electrons. The zero-order chi connectivity index (χ0) is 19.1. The largest absolute Gasteiger partial charge is 0.487 e. The molecule has 3 rings (SSSR count). The second kappa shape index (κ2) is 8.57. The van der Waals surface area contributed by atoms with E-state index >= 15 is 0 Å². The first-order valence-electron chi connectivity index (χ1n) is 8.23. The maximum absolute atomic E-state index is 12.4. The van der Waals surface area contributed by atoms with E-state index in [0.717, 1.165) is 0 Å². The van der Waals surface area contributed by atoms with E-state index in [1.165, 1.54) is 0 Å². The zero-order valence-electron chi connectivity index (χ0n) is 14.3. The van der Waals surface area contributed by atoms with E-state index in [1.54, 1.807) is 36.4 Å². The molecule has 0 aliphatic rings. The number of nitrogens with one attached hydrogen (secondary N) is 1. The molecule has 0 saturated carbocycles. The van der Waals surface area contributed by atoms with Gasteiger partial charge in [-0.15, -0.1) is 0 Å². The molecule has 0 unspecified atom stereocenters. The lowest BCUT2D eigenvalue weighted by Crippen LogP contribution is -2.16. The number of carboxylic acids is 1. The maximum Gasteiger partial charge on any atom is 0.309 e. The Morgan fingerprint density at radius 3 is 2.41 bits per heavy atom. The highest BCUT2D eigenvalue weighted by atomic mass is 16.5. The van der Waals surface area contributed by atoms with Gasteiger partial charge in [-0.2, -0.15) is 0 Å². The third kappa shape index (κ3) is 5.37. The topological polar surface area (TPSA) is 101 Å². The highest BCUT2D eigenvalue weighted by molar-refractivity contribution is 6.02. The Bertz CT molecular complexity index is 945. The molecule has 2 N–H and O–H groups in total. The van der Waals surface area contributed by atoms with E-state index in [4.69, 9.17) is 9.84 Å². The molecule has 0 saturated heterocycles. The van der Waals surface area contributed by atoms with Crippen molar-refractivity contribution < 1.29 is 19.4 Å². The lowest BCUT2D eigenvalue weighted by atomic mass is 10.2. The SMILES string of the molecule is O=C(O)Cc1cccc(NC(=O)c2cccc(COc3ccccc3)n2)n1. The number of hydrogen-bond acceptors (Lipinski definition) is 5. The van der Waals surface area contributed by atoms with Crippen LogP contribution >= 0.6 is 0 Å². The number of carbonyl (C=O) groups is 2. The van der Waals surface area contributed by atoms with Crippen molar-refractivity contribution in [2.24, 2.45) is 0 Å². The summed E-state index contributed by atoms with van der Waals surface area (Å²) in [5, 5.41) is 11.5. The number of pyridine rings is 2. The van der Waals surface area contributed by atoms with Crippen LogP contribution in [0.5, 0.6) is 5.75 Å². The number of carboxylic acid groups (broad SMARTS) is 1. The molecular weight excluding hydrogens is 346 g/mol. The Hall–Kier alpha value is -3.74. The predicted molar refractivity (Wildman–Crippen MR) is 98.5 cm³/mol. The number of rotatable bonds is 7. The fourth-order valence-electron chi connectivity index (χ4n) is 2.34. The number of aromatic nitrogens is 2. The smallest absolute Gasteiger partial charge is 0.309 e. The Morgan fingerprint density at radius 2 is 1.63 bits per heavy atom. The number of amides is 1. The van der Waals surface area contributed by atoms with E-state index in [2.05, 4.69) is 15.3 Å². The van der Waals surface area contributed by atoms with Crippen LogP contribution in [0.25, 0.3) is 0 Å². The minimum Gasteiger partial charge on any atom is -0.487 e. The van der Waals surface area contributed by atoms with Gasteiger partial charge in [-0.3, -0.25) is 9.59 Å². The molecule has 7 heteroatoms. The van der Waals surface area contributed by atoms with Crippen LogP contribution in [-0.4, -0.2) is 27.0 Å². The molecule has 0 aliphatic carbocycles. The van der Waals surface area contributed by atoms with Crippen molar-refractivity contribution >= 4 is 17.7 Å². The summed E-state index contributed by atoms with van der Waals surface area (Å²) in [6.07, 6.45) is -0.214. The average molecular weight is 363 g/mol. The standard InChI is InChI=1S/C20H17N3O4/c24-19(25)12-14-6-5-11-18(22-14)23-20(26)17-10-4-7-15(21-17)13-27-16-8-2-1-3-9-16/h1-11H,12-13H2,(H,24,25)(H,22,23,26). The first kappa shape index (κ1) is 18.1. The molecule has 2 aromatic heterocycles. The van der Waals surface area contributed by atoms with Gasteiger partial charge < -0.3 is 15.2 Å². The van der Waals surface area contributed by atoms with Gasteiger partial charge in [0, 0.05) is 0 Å². The van der Waals surface area contributed by atoms with Crippen LogP contribution in [0.4, 0.5) is 5.82 Å². The summed E-state index contributed by atoms with van der Waals surface area (Å²) in [4.78, 5) is 31.6. The quantitative estimate of drug-likeness (QED) is 0.669. The number of aliphatic carboxylic acids is 1. The molecule has 136 valence electrons. The fraction of sp³-hybridized carbons (Fsp3) is 0.100.